The zero-order valence-electron chi connectivity index (χ0n) is 16.6. The summed E-state index contributed by atoms with van der Waals surface area (Å²) in [4.78, 5) is -0.417. The van der Waals surface area contributed by atoms with Gasteiger partial charge in [-0.3, -0.25) is 0 Å². The van der Waals surface area contributed by atoms with Gasteiger partial charge in [-0.2, -0.15) is 5.26 Å². The largest absolute Gasteiger partial charge is 0.497 e. The van der Waals surface area contributed by atoms with Crippen LogP contribution in [0.2, 0.25) is 5.02 Å². The Kier molecular flexibility index (Phi) is 6.75. The summed E-state index contributed by atoms with van der Waals surface area (Å²) in [5.41, 5.74) is 0.520. The van der Waals surface area contributed by atoms with Crippen molar-refractivity contribution in [1.29, 1.82) is 5.26 Å². The van der Waals surface area contributed by atoms with E-state index in [1.165, 1.54) is 38.5 Å². The van der Waals surface area contributed by atoms with E-state index in [0.29, 0.717) is 22.2 Å². The van der Waals surface area contributed by atoms with Crippen molar-refractivity contribution in [2.45, 2.75) is 30.2 Å². The molecule has 0 heterocycles. The number of sulfone groups is 1. The average molecular weight is 448 g/mol. The van der Waals surface area contributed by atoms with E-state index in [2.05, 4.69) is 10.6 Å². The predicted molar refractivity (Wildman–Crippen MR) is 115 cm³/mol. The van der Waals surface area contributed by atoms with Gasteiger partial charge in [0.15, 0.2) is 4.91 Å². The van der Waals surface area contributed by atoms with E-state index in [1.54, 1.807) is 18.2 Å². The molecule has 30 heavy (non-hydrogen) atoms. The molecule has 0 atom stereocenters. The summed E-state index contributed by atoms with van der Waals surface area (Å²) in [6.45, 7) is 0. The van der Waals surface area contributed by atoms with Gasteiger partial charge in [-0.15, -0.1) is 0 Å². The minimum absolute atomic E-state index is 0.0126. The smallest absolute Gasteiger partial charge is 0.220 e. The van der Waals surface area contributed by atoms with Gasteiger partial charge in [0.05, 0.1) is 19.1 Å². The van der Waals surface area contributed by atoms with Gasteiger partial charge >= 0.3 is 0 Å². The number of anilines is 1. The van der Waals surface area contributed by atoms with Crippen LogP contribution in [0.3, 0.4) is 0 Å². The van der Waals surface area contributed by atoms with Crippen LogP contribution >= 0.6 is 11.6 Å². The number of hydrogen-bond acceptors (Lipinski definition) is 7. The van der Waals surface area contributed by atoms with Gasteiger partial charge in [0.2, 0.25) is 9.84 Å². The second-order valence-electron chi connectivity index (χ2n) is 6.77. The molecule has 0 aromatic heterocycles. The number of nitrogens with one attached hydrogen (secondary N) is 2. The van der Waals surface area contributed by atoms with Crippen LogP contribution in [0, 0.1) is 11.3 Å². The third-order valence-electron chi connectivity index (χ3n) is 4.80. The molecular weight excluding hydrogens is 426 g/mol. The van der Waals surface area contributed by atoms with Crippen LogP contribution < -0.4 is 20.1 Å². The van der Waals surface area contributed by atoms with E-state index in [9.17, 15) is 13.7 Å². The summed E-state index contributed by atoms with van der Waals surface area (Å²) >= 11 is 5.88. The molecule has 0 spiro atoms. The van der Waals surface area contributed by atoms with Crippen molar-refractivity contribution in [3.05, 3.63) is 58.2 Å². The number of ether oxygens (including phenoxy) is 2. The Morgan fingerprint density at radius 3 is 2.17 bits per heavy atom. The lowest BCUT2D eigenvalue weighted by Gasteiger charge is -2.29. The highest BCUT2D eigenvalue weighted by molar-refractivity contribution is 7.95. The zero-order valence-corrected chi connectivity index (χ0v) is 18.2. The molecule has 0 radical (unpaired) electrons. The molecule has 0 unspecified atom stereocenters. The number of allylic oxidation sites excluding steroid dienone is 1. The van der Waals surface area contributed by atoms with Gasteiger partial charge in [0, 0.05) is 35.0 Å². The minimum atomic E-state index is -4.08. The number of rotatable bonds is 8. The van der Waals surface area contributed by atoms with E-state index >= 15 is 0 Å². The minimum Gasteiger partial charge on any atom is -0.497 e. The highest BCUT2D eigenvalue weighted by Gasteiger charge is 2.28. The Balaban J connectivity index is 2.07. The van der Waals surface area contributed by atoms with Gasteiger partial charge in [-0.05, 0) is 43.5 Å². The maximum atomic E-state index is 13.2. The van der Waals surface area contributed by atoms with E-state index in [4.69, 9.17) is 21.1 Å². The zero-order chi connectivity index (χ0) is 21.7. The molecule has 2 aromatic carbocycles. The van der Waals surface area contributed by atoms with Crippen molar-refractivity contribution in [2.24, 2.45) is 0 Å². The Bertz CT molecular complexity index is 1070. The predicted octanol–water partition coefficient (Wildman–Crippen LogP) is 4.08. The molecule has 1 fully saturated rings. The van der Waals surface area contributed by atoms with Gasteiger partial charge < -0.3 is 20.1 Å². The standard InChI is InChI=1S/C21H22ClN3O4S/c1-28-17-10-16(11-18(12-17)29-2)25-21(24-15-4-3-5-15)20(13-23)30(26,27)19-8-6-14(22)7-9-19/h6-12,15,24-25H,3-5H2,1-2H3. The molecule has 7 nitrogen and oxygen atoms in total. The van der Waals surface area contributed by atoms with E-state index in [1.807, 2.05) is 6.07 Å². The Labute approximate surface area is 181 Å². The number of nitrogens with zero attached hydrogens (tertiary/aromatic N) is 1. The van der Waals surface area contributed by atoms with Crippen LogP contribution in [0.5, 0.6) is 11.5 Å². The summed E-state index contributed by atoms with van der Waals surface area (Å²) < 4.78 is 36.9. The Morgan fingerprint density at radius 2 is 1.70 bits per heavy atom. The first-order valence-electron chi connectivity index (χ1n) is 9.29. The van der Waals surface area contributed by atoms with Crippen LogP contribution in [0.25, 0.3) is 0 Å². The molecule has 1 aliphatic carbocycles. The maximum Gasteiger partial charge on any atom is 0.220 e. The first-order valence-corrected chi connectivity index (χ1v) is 11.1. The third-order valence-corrected chi connectivity index (χ3v) is 6.77. The second kappa shape index (κ2) is 9.28. The maximum absolute atomic E-state index is 13.2. The number of hydrogen-bond donors (Lipinski definition) is 2. The van der Waals surface area contributed by atoms with Gasteiger partial charge in [-0.1, -0.05) is 11.6 Å². The second-order valence-corrected chi connectivity index (χ2v) is 9.09. The molecule has 1 saturated carbocycles. The fourth-order valence-electron chi connectivity index (χ4n) is 2.92. The Hall–Kier alpha value is -2.89. The molecular formula is C21H22ClN3O4S. The SMILES string of the molecule is COc1cc(NC(NC2CCC2)=C(C#N)S(=O)(=O)c2ccc(Cl)cc2)cc(OC)c1. The molecule has 9 heteroatoms. The van der Waals surface area contributed by atoms with Crippen molar-refractivity contribution in [1.82, 2.24) is 5.32 Å². The lowest BCUT2D eigenvalue weighted by Crippen LogP contribution is -2.38. The molecule has 0 amide bonds. The first kappa shape index (κ1) is 21.8. The number of halogens is 1. The molecule has 2 aromatic rings. The van der Waals surface area contributed by atoms with Crippen LogP contribution in [0.4, 0.5) is 5.69 Å². The van der Waals surface area contributed by atoms with Crippen molar-refractivity contribution >= 4 is 27.1 Å². The van der Waals surface area contributed by atoms with Gasteiger partial charge in [0.1, 0.15) is 23.4 Å². The summed E-state index contributed by atoms with van der Waals surface area (Å²) in [6, 6.07) is 12.7. The Morgan fingerprint density at radius 1 is 1.10 bits per heavy atom. The molecule has 158 valence electrons. The van der Waals surface area contributed by atoms with Gasteiger partial charge in [0.25, 0.3) is 0 Å². The third kappa shape index (κ3) is 4.81. The number of nitriles is 1. The molecule has 3 rings (SSSR count). The van der Waals surface area contributed by atoms with Crippen molar-refractivity contribution < 1.29 is 17.9 Å². The highest BCUT2D eigenvalue weighted by Crippen LogP contribution is 2.30. The topological polar surface area (TPSA) is 100 Å². The highest BCUT2D eigenvalue weighted by atomic mass is 35.5. The number of benzene rings is 2. The summed E-state index contributed by atoms with van der Waals surface area (Å²) in [7, 11) is -1.03. The summed E-state index contributed by atoms with van der Waals surface area (Å²) in [6.07, 6.45) is 2.84. The summed E-state index contributed by atoms with van der Waals surface area (Å²) in [5, 5.41) is 16.4. The van der Waals surface area contributed by atoms with E-state index in [0.717, 1.165) is 19.3 Å². The van der Waals surface area contributed by atoms with E-state index < -0.39 is 14.7 Å². The van der Waals surface area contributed by atoms with Crippen LogP contribution in [0.15, 0.2) is 58.1 Å². The van der Waals surface area contributed by atoms with Gasteiger partial charge in [-0.25, -0.2) is 8.42 Å². The quantitative estimate of drug-likeness (QED) is 0.588. The molecule has 1 aliphatic rings. The van der Waals surface area contributed by atoms with Crippen molar-refractivity contribution in [3.8, 4) is 17.6 Å². The lowest BCUT2D eigenvalue weighted by atomic mass is 9.93. The molecule has 2 N–H and O–H groups in total. The molecule has 0 bridgehead atoms. The van der Waals surface area contributed by atoms with Crippen molar-refractivity contribution in [3.63, 3.8) is 0 Å². The van der Waals surface area contributed by atoms with Crippen LogP contribution in [-0.2, 0) is 9.84 Å². The normalized spacial score (nSPS) is 14.7. The van der Waals surface area contributed by atoms with Crippen molar-refractivity contribution in [2.75, 3.05) is 19.5 Å². The fourth-order valence-corrected chi connectivity index (χ4v) is 4.28. The molecule has 0 saturated heterocycles. The fraction of sp³-hybridized carbons (Fsp3) is 0.286. The summed E-state index contributed by atoms with van der Waals surface area (Å²) in [5.74, 6) is 1.17. The average Bonchev–Trinajstić information content (AvgIpc) is 2.70. The van der Waals surface area contributed by atoms with E-state index in [-0.39, 0.29) is 16.8 Å². The monoisotopic (exact) mass is 447 g/mol. The van der Waals surface area contributed by atoms with Crippen LogP contribution in [0.1, 0.15) is 19.3 Å². The van der Waals surface area contributed by atoms with Crippen LogP contribution in [-0.4, -0.2) is 28.7 Å². The lowest BCUT2D eigenvalue weighted by molar-refractivity contribution is 0.365. The number of methoxy groups -OCH3 is 2. The first-order chi connectivity index (χ1) is 14.4. The molecule has 0 aliphatic heterocycles.